The fraction of sp³-hybridized carbons (Fsp3) is 0.143. The third-order valence-electron chi connectivity index (χ3n) is 4.28. The average Bonchev–Trinajstić information content (AvgIpc) is 3.17. The van der Waals surface area contributed by atoms with E-state index in [4.69, 9.17) is 4.74 Å². The lowest BCUT2D eigenvalue weighted by Crippen LogP contribution is -2.14. The molecule has 0 aliphatic rings. The van der Waals surface area contributed by atoms with E-state index in [-0.39, 0.29) is 17.8 Å². The summed E-state index contributed by atoms with van der Waals surface area (Å²) >= 11 is 1.24. The minimum absolute atomic E-state index is 0.312. The van der Waals surface area contributed by atoms with Crippen LogP contribution in [0.3, 0.4) is 0 Å². The second-order valence-corrected chi connectivity index (χ2v) is 7.44. The molecule has 0 unspecified atom stereocenters. The third kappa shape index (κ3) is 4.22. The van der Waals surface area contributed by atoms with Crippen LogP contribution in [0.5, 0.6) is 5.75 Å². The Bertz CT molecular complexity index is 1180. The maximum Gasteiger partial charge on any atom is 0.259 e. The van der Waals surface area contributed by atoms with Gasteiger partial charge in [0.2, 0.25) is 5.13 Å². The van der Waals surface area contributed by atoms with Gasteiger partial charge < -0.3 is 4.74 Å². The van der Waals surface area contributed by atoms with E-state index in [2.05, 4.69) is 20.5 Å². The Hall–Kier alpha value is -3.39. The highest BCUT2D eigenvalue weighted by atomic mass is 32.1. The summed E-state index contributed by atoms with van der Waals surface area (Å²) in [7, 11) is 0. The van der Waals surface area contributed by atoms with Crippen molar-refractivity contribution < 1.29 is 13.9 Å². The topological polar surface area (TPSA) is 77.0 Å². The Kier molecular flexibility index (Phi) is 5.18. The average molecular weight is 408 g/mol. The van der Waals surface area contributed by atoms with E-state index in [1.807, 2.05) is 37.3 Å². The first-order valence-corrected chi connectivity index (χ1v) is 9.74. The zero-order valence-corrected chi connectivity index (χ0v) is 16.5. The van der Waals surface area contributed by atoms with Crippen molar-refractivity contribution in [3.8, 4) is 5.75 Å². The van der Waals surface area contributed by atoms with Crippen molar-refractivity contribution in [2.75, 3.05) is 5.32 Å². The number of fused-ring (bicyclic) bond motifs is 1. The van der Waals surface area contributed by atoms with E-state index < -0.39 is 0 Å². The van der Waals surface area contributed by atoms with Gasteiger partial charge in [0.05, 0.1) is 16.8 Å². The number of aromatic nitrogens is 3. The van der Waals surface area contributed by atoms with Crippen molar-refractivity contribution in [2.24, 2.45) is 0 Å². The molecule has 8 heteroatoms. The van der Waals surface area contributed by atoms with Gasteiger partial charge in [-0.3, -0.25) is 15.1 Å². The lowest BCUT2D eigenvalue weighted by atomic mass is 10.1. The first-order valence-electron chi connectivity index (χ1n) is 8.93. The Morgan fingerprint density at radius 1 is 1.14 bits per heavy atom. The Labute approximate surface area is 170 Å². The maximum atomic E-state index is 13.5. The number of nitrogens with zero attached hydrogens (tertiary/aromatic N) is 3. The molecule has 0 saturated carbocycles. The number of nitrogens with one attached hydrogen (secondary N) is 1. The highest BCUT2D eigenvalue weighted by Gasteiger charge is 2.17. The zero-order valence-electron chi connectivity index (χ0n) is 15.7. The largest absolute Gasteiger partial charge is 0.483 e. The number of hydrogen-bond acceptors (Lipinski definition) is 6. The highest BCUT2D eigenvalue weighted by molar-refractivity contribution is 7.15. The number of benzene rings is 2. The minimum Gasteiger partial charge on any atom is -0.483 e. The predicted octanol–water partition coefficient (Wildman–Crippen LogP) is 4.93. The van der Waals surface area contributed by atoms with Gasteiger partial charge in [0.25, 0.3) is 5.91 Å². The Morgan fingerprint density at radius 3 is 2.72 bits per heavy atom. The molecule has 1 N–H and O–H groups in total. The predicted molar refractivity (Wildman–Crippen MR) is 110 cm³/mol. The number of anilines is 1. The van der Waals surface area contributed by atoms with Crippen molar-refractivity contribution in [3.63, 3.8) is 0 Å². The van der Waals surface area contributed by atoms with Crippen LogP contribution < -0.4 is 10.1 Å². The fourth-order valence-corrected chi connectivity index (χ4v) is 3.56. The van der Waals surface area contributed by atoms with Crippen molar-refractivity contribution in [2.45, 2.75) is 20.0 Å². The van der Waals surface area contributed by atoms with Gasteiger partial charge in [-0.15, -0.1) is 10.2 Å². The monoisotopic (exact) mass is 408 g/mol. The van der Waals surface area contributed by atoms with E-state index in [1.54, 1.807) is 19.1 Å². The smallest absolute Gasteiger partial charge is 0.259 e. The van der Waals surface area contributed by atoms with Gasteiger partial charge in [0.1, 0.15) is 17.7 Å². The number of amides is 1. The number of aryl methyl sites for hydroxylation is 1. The number of halogens is 1. The molecule has 0 aliphatic heterocycles. The molecule has 0 bridgehead atoms. The van der Waals surface area contributed by atoms with Crippen LogP contribution in [0.25, 0.3) is 10.9 Å². The van der Waals surface area contributed by atoms with Crippen LogP contribution in [0.1, 0.15) is 34.1 Å². The van der Waals surface area contributed by atoms with E-state index in [0.717, 1.165) is 5.75 Å². The normalized spacial score (nSPS) is 12.0. The Balaban J connectivity index is 1.50. The Morgan fingerprint density at radius 2 is 1.93 bits per heavy atom. The summed E-state index contributed by atoms with van der Waals surface area (Å²) in [5, 5.41) is 12.4. The number of para-hydroxylation sites is 1. The molecule has 0 spiro atoms. The second-order valence-electron chi connectivity index (χ2n) is 6.43. The van der Waals surface area contributed by atoms with E-state index in [9.17, 15) is 9.18 Å². The zero-order chi connectivity index (χ0) is 20.4. The summed E-state index contributed by atoms with van der Waals surface area (Å²) in [6.45, 7) is 3.60. The minimum atomic E-state index is -0.379. The van der Waals surface area contributed by atoms with Gasteiger partial charge >= 0.3 is 0 Å². The van der Waals surface area contributed by atoms with Crippen LogP contribution in [0, 0.1) is 12.7 Å². The van der Waals surface area contributed by atoms with Crippen molar-refractivity contribution in [1.82, 2.24) is 15.2 Å². The standard InChI is InChI=1S/C21H17FN4O2S/c1-12-17(11-14-10-15(22)8-9-18(14)23-12)19(27)24-21-26-25-20(29-21)13(2)28-16-6-4-3-5-7-16/h3-11,13H,1-2H3,(H,24,26,27)/t13-/m1/s1. The summed E-state index contributed by atoms with van der Waals surface area (Å²) in [5.41, 5.74) is 1.53. The number of rotatable bonds is 5. The van der Waals surface area contributed by atoms with Gasteiger partial charge in [0, 0.05) is 5.39 Å². The molecular weight excluding hydrogens is 391 g/mol. The lowest BCUT2D eigenvalue weighted by Gasteiger charge is -2.11. The molecule has 29 heavy (non-hydrogen) atoms. The summed E-state index contributed by atoms with van der Waals surface area (Å²) in [6.07, 6.45) is -0.312. The van der Waals surface area contributed by atoms with Crippen LogP contribution in [0.15, 0.2) is 54.6 Å². The van der Waals surface area contributed by atoms with Crippen molar-refractivity contribution >= 4 is 33.3 Å². The molecule has 0 radical (unpaired) electrons. The van der Waals surface area contributed by atoms with Crippen LogP contribution in [-0.4, -0.2) is 21.1 Å². The van der Waals surface area contributed by atoms with Gasteiger partial charge in [-0.25, -0.2) is 4.39 Å². The quantitative estimate of drug-likeness (QED) is 0.507. The lowest BCUT2D eigenvalue weighted by molar-refractivity contribution is 0.102. The molecule has 1 atom stereocenters. The third-order valence-corrected chi connectivity index (χ3v) is 5.28. The van der Waals surface area contributed by atoms with Gasteiger partial charge in [0.15, 0.2) is 5.01 Å². The number of carbonyl (C=O) groups excluding carboxylic acids is 1. The molecule has 146 valence electrons. The summed E-state index contributed by atoms with van der Waals surface area (Å²) in [4.78, 5) is 17.1. The molecule has 1 amide bonds. The molecular formula is C21H17FN4O2S. The number of ether oxygens (including phenoxy) is 1. The van der Waals surface area contributed by atoms with E-state index in [0.29, 0.717) is 32.3 Å². The summed E-state index contributed by atoms with van der Waals surface area (Å²) < 4.78 is 19.3. The van der Waals surface area contributed by atoms with E-state index >= 15 is 0 Å². The molecule has 0 saturated heterocycles. The molecule has 2 heterocycles. The first kappa shape index (κ1) is 18.9. The fourth-order valence-electron chi connectivity index (χ4n) is 2.84. The van der Waals surface area contributed by atoms with Crippen LogP contribution in [0.4, 0.5) is 9.52 Å². The van der Waals surface area contributed by atoms with E-state index in [1.165, 1.54) is 23.5 Å². The molecule has 2 aromatic carbocycles. The van der Waals surface area contributed by atoms with Gasteiger partial charge in [-0.2, -0.15) is 0 Å². The number of hydrogen-bond donors (Lipinski definition) is 1. The van der Waals surface area contributed by atoms with Crippen molar-refractivity contribution in [1.29, 1.82) is 0 Å². The van der Waals surface area contributed by atoms with Crippen LogP contribution in [0.2, 0.25) is 0 Å². The molecule has 6 nitrogen and oxygen atoms in total. The second kappa shape index (κ2) is 7.92. The number of pyridine rings is 1. The maximum absolute atomic E-state index is 13.5. The summed E-state index contributed by atoms with van der Waals surface area (Å²) in [6, 6.07) is 15.3. The van der Waals surface area contributed by atoms with Gasteiger partial charge in [-0.1, -0.05) is 29.5 Å². The molecule has 4 aromatic rings. The molecule has 0 aliphatic carbocycles. The first-order chi connectivity index (χ1) is 14.0. The summed E-state index contributed by atoms with van der Waals surface area (Å²) in [5.74, 6) is -0.0259. The van der Waals surface area contributed by atoms with Gasteiger partial charge in [-0.05, 0) is 50.2 Å². The number of carbonyl (C=O) groups is 1. The van der Waals surface area contributed by atoms with Crippen LogP contribution >= 0.6 is 11.3 Å². The molecule has 2 aromatic heterocycles. The molecule has 4 rings (SSSR count). The van der Waals surface area contributed by atoms with Crippen molar-refractivity contribution in [3.05, 3.63) is 76.7 Å². The highest BCUT2D eigenvalue weighted by Crippen LogP contribution is 2.27. The molecule has 0 fully saturated rings. The SMILES string of the molecule is Cc1nc2ccc(F)cc2cc1C(=O)Nc1nnc([C@@H](C)Oc2ccccc2)s1. The van der Waals surface area contributed by atoms with Crippen LogP contribution in [-0.2, 0) is 0 Å².